The molecule has 0 aliphatic heterocycles. The fourth-order valence-electron chi connectivity index (χ4n) is 11.8. The molecular formula is C33H52O3. The zero-order valence-corrected chi connectivity index (χ0v) is 24.0. The van der Waals surface area contributed by atoms with Gasteiger partial charge in [-0.15, -0.1) is 0 Å². The van der Waals surface area contributed by atoms with Gasteiger partial charge < -0.3 is 9.84 Å². The lowest BCUT2D eigenvalue weighted by atomic mass is 9.32. The molecule has 5 aliphatic carbocycles. The Hall–Kier alpha value is -1.09. The highest BCUT2D eigenvalue weighted by molar-refractivity contribution is 5.78. The average molecular weight is 497 g/mol. The van der Waals surface area contributed by atoms with Crippen molar-refractivity contribution >= 4 is 5.97 Å². The average Bonchev–Trinajstić information content (AvgIpc) is 3.22. The van der Waals surface area contributed by atoms with Crippen molar-refractivity contribution in [1.82, 2.24) is 0 Å². The summed E-state index contributed by atoms with van der Waals surface area (Å²) in [7, 11) is 0. The second-order valence-electron chi connectivity index (χ2n) is 15.1. The van der Waals surface area contributed by atoms with E-state index in [0.717, 1.165) is 38.5 Å². The van der Waals surface area contributed by atoms with E-state index in [0.29, 0.717) is 36.2 Å². The summed E-state index contributed by atoms with van der Waals surface area (Å²) in [6.45, 7) is 23.2. The summed E-state index contributed by atoms with van der Waals surface area (Å²) in [6.07, 6.45) is 12.7. The number of hydrogen-bond acceptors (Lipinski definition) is 3. The molecule has 1 N–H and O–H groups in total. The zero-order valence-electron chi connectivity index (χ0n) is 24.0. The van der Waals surface area contributed by atoms with Crippen LogP contribution in [-0.4, -0.2) is 23.8 Å². The Morgan fingerprint density at radius 2 is 1.64 bits per heavy atom. The van der Waals surface area contributed by atoms with E-state index in [1.54, 1.807) is 6.08 Å². The lowest BCUT2D eigenvalue weighted by Gasteiger charge is -2.72. The summed E-state index contributed by atoms with van der Waals surface area (Å²) >= 11 is 0. The normalized spacial score (nSPS) is 51.2. The van der Waals surface area contributed by atoms with Crippen LogP contribution in [0.25, 0.3) is 0 Å². The Kier molecular flexibility index (Phi) is 6.23. The number of carbonyl (C=O) groups is 1. The molecular weight excluding hydrogens is 444 g/mol. The second-order valence-corrected chi connectivity index (χ2v) is 15.1. The lowest BCUT2D eigenvalue weighted by molar-refractivity contribution is -0.248. The van der Waals surface area contributed by atoms with Gasteiger partial charge in [-0.3, -0.25) is 4.79 Å². The maximum absolute atomic E-state index is 13.7. The van der Waals surface area contributed by atoms with E-state index in [4.69, 9.17) is 4.74 Å². The number of allylic oxidation sites excluding steroid dienone is 1. The Labute approximate surface area is 220 Å². The molecule has 0 aromatic rings. The smallest absolute Gasteiger partial charge is 0.312 e. The zero-order chi connectivity index (χ0) is 26.3. The molecule has 5 fully saturated rings. The van der Waals surface area contributed by atoms with E-state index in [-0.39, 0.29) is 39.1 Å². The minimum atomic E-state index is -0.349. The molecule has 0 aromatic heterocycles. The standard InChI is InChI=1S/C33H52O3/c1-9-20-36-28(35)33-17-12-22(21(2)3)27(33)23-10-11-25-30(6)15-14-26(34)29(4,5)24(30)13-16-32(25,8)31(23,7)18-19-33/h9,22-27,34H,1-2,10-20H2,3-8H3/t22-,23+,24?,25?,26-,27?,30-,31+,32+,33-/m0/s1. The number of esters is 1. The first-order valence-electron chi connectivity index (χ1n) is 14.9. The molecule has 5 saturated carbocycles. The lowest BCUT2D eigenvalue weighted by Crippen LogP contribution is -2.67. The van der Waals surface area contributed by atoms with Crippen molar-refractivity contribution in [3.8, 4) is 0 Å². The molecule has 0 aromatic carbocycles. The van der Waals surface area contributed by atoms with Gasteiger partial charge in [0, 0.05) is 0 Å². The quantitative estimate of drug-likeness (QED) is 0.320. The number of rotatable bonds is 4. The fourth-order valence-corrected chi connectivity index (χ4v) is 11.8. The van der Waals surface area contributed by atoms with E-state index in [9.17, 15) is 9.90 Å². The van der Waals surface area contributed by atoms with Crippen LogP contribution in [0.4, 0.5) is 0 Å². The van der Waals surface area contributed by atoms with Crippen LogP contribution in [0.15, 0.2) is 24.8 Å². The molecule has 10 atom stereocenters. The molecule has 0 saturated heterocycles. The third-order valence-corrected chi connectivity index (χ3v) is 13.8. The largest absolute Gasteiger partial charge is 0.461 e. The van der Waals surface area contributed by atoms with Gasteiger partial charge in [-0.25, -0.2) is 0 Å². The number of fused-ring (bicyclic) bond motifs is 7. The minimum absolute atomic E-state index is 0.0147. The molecule has 3 heteroatoms. The Balaban J connectivity index is 1.54. The number of aliphatic hydroxyl groups excluding tert-OH is 1. The predicted molar refractivity (Wildman–Crippen MR) is 146 cm³/mol. The van der Waals surface area contributed by atoms with Crippen LogP contribution in [-0.2, 0) is 9.53 Å². The van der Waals surface area contributed by atoms with Gasteiger partial charge in [0.25, 0.3) is 0 Å². The van der Waals surface area contributed by atoms with E-state index in [2.05, 4.69) is 54.7 Å². The molecule has 0 amide bonds. The van der Waals surface area contributed by atoms with Crippen molar-refractivity contribution < 1.29 is 14.6 Å². The molecule has 36 heavy (non-hydrogen) atoms. The first-order valence-corrected chi connectivity index (χ1v) is 14.9. The van der Waals surface area contributed by atoms with Crippen LogP contribution >= 0.6 is 0 Å². The van der Waals surface area contributed by atoms with Crippen molar-refractivity contribution in [2.75, 3.05) is 6.61 Å². The summed E-state index contributed by atoms with van der Waals surface area (Å²) in [6, 6.07) is 0. The molecule has 3 unspecified atom stereocenters. The molecule has 5 aliphatic rings. The first-order chi connectivity index (χ1) is 16.8. The number of hydrogen-bond donors (Lipinski definition) is 1. The summed E-state index contributed by atoms with van der Waals surface area (Å²) in [5, 5.41) is 11.0. The highest BCUT2D eigenvalue weighted by Crippen LogP contribution is 2.77. The van der Waals surface area contributed by atoms with Gasteiger partial charge in [-0.05, 0) is 122 Å². The van der Waals surface area contributed by atoms with Gasteiger partial charge in [0.05, 0.1) is 11.5 Å². The van der Waals surface area contributed by atoms with Crippen LogP contribution in [0.2, 0.25) is 0 Å². The monoisotopic (exact) mass is 496 g/mol. The summed E-state index contributed by atoms with van der Waals surface area (Å²) < 4.78 is 5.82. The summed E-state index contributed by atoms with van der Waals surface area (Å²) in [5.74, 6) is 2.60. The molecule has 0 heterocycles. The maximum atomic E-state index is 13.7. The van der Waals surface area contributed by atoms with Gasteiger partial charge >= 0.3 is 5.97 Å². The molecule has 0 radical (unpaired) electrons. The van der Waals surface area contributed by atoms with Gasteiger partial charge in [0.15, 0.2) is 0 Å². The molecule has 0 spiro atoms. The number of carbonyl (C=O) groups excluding carboxylic acids is 1. The Morgan fingerprint density at radius 1 is 0.917 bits per heavy atom. The second kappa shape index (κ2) is 8.45. The van der Waals surface area contributed by atoms with Gasteiger partial charge in [-0.1, -0.05) is 59.4 Å². The van der Waals surface area contributed by atoms with Gasteiger partial charge in [0.2, 0.25) is 0 Å². The van der Waals surface area contributed by atoms with Crippen molar-refractivity contribution in [2.45, 2.75) is 112 Å². The topological polar surface area (TPSA) is 46.5 Å². The van der Waals surface area contributed by atoms with Crippen LogP contribution in [0.3, 0.4) is 0 Å². The van der Waals surface area contributed by atoms with Crippen LogP contribution in [0.1, 0.15) is 106 Å². The Bertz CT molecular complexity index is 935. The predicted octanol–water partition coefficient (Wildman–Crippen LogP) is 7.73. The highest BCUT2D eigenvalue weighted by Gasteiger charge is 2.72. The van der Waals surface area contributed by atoms with E-state index in [1.807, 2.05) is 0 Å². The number of ether oxygens (including phenoxy) is 1. The van der Waals surface area contributed by atoms with E-state index >= 15 is 0 Å². The van der Waals surface area contributed by atoms with Crippen LogP contribution < -0.4 is 0 Å². The van der Waals surface area contributed by atoms with Crippen LogP contribution in [0.5, 0.6) is 0 Å². The molecule has 0 bridgehead atoms. The third kappa shape index (κ3) is 3.23. The van der Waals surface area contributed by atoms with Gasteiger partial charge in [0.1, 0.15) is 6.61 Å². The Morgan fingerprint density at radius 3 is 2.31 bits per heavy atom. The molecule has 5 rings (SSSR count). The highest BCUT2D eigenvalue weighted by atomic mass is 16.5. The third-order valence-electron chi connectivity index (χ3n) is 13.8. The van der Waals surface area contributed by atoms with Crippen molar-refractivity contribution in [2.24, 2.45) is 56.7 Å². The van der Waals surface area contributed by atoms with E-state index < -0.39 is 0 Å². The minimum Gasteiger partial charge on any atom is -0.461 e. The molecule has 202 valence electrons. The first kappa shape index (κ1) is 26.5. The van der Waals surface area contributed by atoms with Crippen molar-refractivity contribution in [3.05, 3.63) is 24.8 Å². The SMILES string of the molecule is C=CCOC(=O)[C@]12CC[C@@H](C(=C)C)C1[C@H]1CCC3[C@@]4(C)CC[C@H](O)C(C)(C)C4CC[C@@]3(C)[C@]1(C)CC2. The van der Waals surface area contributed by atoms with Crippen LogP contribution in [0, 0.1) is 56.7 Å². The maximum Gasteiger partial charge on any atom is 0.312 e. The summed E-state index contributed by atoms with van der Waals surface area (Å²) in [4.78, 5) is 13.7. The van der Waals surface area contributed by atoms with Crippen molar-refractivity contribution in [3.63, 3.8) is 0 Å². The number of aliphatic hydroxyl groups is 1. The van der Waals surface area contributed by atoms with Crippen molar-refractivity contribution in [1.29, 1.82) is 0 Å². The summed E-state index contributed by atoms with van der Waals surface area (Å²) in [5.41, 5.74) is 1.66. The fraction of sp³-hybridized carbons (Fsp3) is 0.848. The van der Waals surface area contributed by atoms with Gasteiger partial charge in [-0.2, -0.15) is 0 Å². The van der Waals surface area contributed by atoms with E-state index in [1.165, 1.54) is 31.3 Å². The molecule has 3 nitrogen and oxygen atoms in total.